The molecule has 4 nitrogen and oxygen atoms in total. The van der Waals surface area contributed by atoms with Crippen LogP contribution in [0.25, 0.3) is 0 Å². The number of aromatic nitrogens is 2. The van der Waals surface area contributed by atoms with Crippen LogP contribution in [-0.4, -0.2) is 40.9 Å². The van der Waals surface area contributed by atoms with E-state index in [0.29, 0.717) is 6.04 Å². The van der Waals surface area contributed by atoms with Crippen molar-refractivity contribution in [2.24, 2.45) is 5.92 Å². The SMILES string of the molecule is CCCN(Cc1ccn(C(C)C)n1)CC1CCNCC1. The van der Waals surface area contributed by atoms with Crippen molar-refractivity contribution in [2.45, 2.75) is 52.6 Å². The van der Waals surface area contributed by atoms with Gasteiger partial charge >= 0.3 is 0 Å². The van der Waals surface area contributed by atoms with Crippen molar-refractivity contribution >= 4 is 0 Å². The van der Waals surface area contributed by atoms with Gasteiger partial charge in [-0.05, 0) is 64.7 Å². The molecule has 20 heavy (non-hydrogen) atoms. The Kier molecular flexibility index (Phi) is 6.05. The van der Waals surface area contributed by atoms with Gasteiger partial charge in [0.1, 0.15) is 0 Å². The van der Waals surface area contributed by atoms with Gasteiger partial charge in [0.25, 0.3) is 0 Å². The number of nitrogens with zero attached hydrogens (tertiary/aromatic N) is 3. The second kappa shape index (κ2) is 7.79. The van der Waals surface area contributed by atoms with E-state index >= 15 is 0 Å². The Bertz CT molecular complexity index is 380. The summed E-state index contributed by atoms with van der Waals surface area (Å²) in [5.41, 5.74) is 1.21. The maximum Gasteiger partial charge on any atom is 0.0764 e. The highest BCUT2D eigenvalue weighted by atomic mass is 15.3. The Labute approximate surface area is 123 Å². The van der Waals surface area contributed by atoms with Gasteiger partial charge in [-0.2, -0.15) is 5.10 Å². The van der Waals surface area contributed by atoms with Gasteiger partial charge in [0.05, 0.1) is 5.69 Å². The molecular formula is C16H30N4. The van der Waals surface area contributed by atoms with Crippen LogP contribution >= 0.6 is 0 Å². The summed E-state index contributed by atoms with van der Waals surface area (Å²) in [6, 6.07) is 2.62. The highest BCUT2D eigenvalue weighted by Crippen LogP contribution is 2.15. The maximum atomic E-state index is 4.69. The summed E-state index contributed by atoms with van der Waals surface area (Å²) in [6.07, 6.45) is 5.96. The molecule has 114 valence electrons. The minimum atomic E-state index is 0.452. The molecule has 0 bridgehead atoms. The lowest BCUT2D eigenvalue weighted by Gasteiger charge is -2.29. The Balaban J connectivity index is 1.89. The summed E-state index contributed by atoms with van der Waals surface area (Å²) in [5, 5.41) is 8.14. The van der Waals surface area contributed by atoms with Gasteiger partial charge in [0, 0.05) is 25.3 Å². The molecule has 1 N–H and O–H groups in total. The average Bonchev–Trinajstić information content (AvgIpc) is 2.89. The molecule has 1 aromatic heterocycles. The van der Waals surface area contributed by atoms with E-state index in [-0.39, 0.29) is 0 Å². The molecule has 0 atom stereocenters. The first-order valence-corrected chi connectivity index (χ1v) is 8.16. The van der Waals surface area contributed by atoms with Crippen LogP contribution in [0.5, 0.6) is 0 Å². The predicted octanol–water partition coefficient (Wildman–Crippen LogP) is 2.68. The third-order valence-electron chi connectivity index (χ3n) is 4.09. The van der Waals surface area contributed by atoms with Crippen molar-refractivity contribution < 1.29 is 0 Å². The zero-order valence-corrected chi connectivity index (χ0v) is 13.3. The Hall–Kier alpha value is -0.870. The van der Waals surface area contributed by atoms with Crippen molar-refractivity contribution in [2.75, 3.05) is 26.2 Å². The second-order valence-corrected chi connectivity index (χ2v) is 6.31. The standard InChI is InChI=1S/C16H30N4/c1-4-10-19(12-15-5-8-17-9-6-15)13-16-7-11-20(18-16)14(2)3/h7,11,14-15,17H,4-6,8-10,12-13H2,1-3H3. The van der Waals surface area contributed by atoms with Gasteiger partial charge in [-0.25, -0.2) is 0 Å². The normalized spacial score (nSPS) is 17.2. The van der Waals surface area contributed by atoms with E-state index in [9.17, 15) is 0 Å². The third kappa shape index (κ3) is 4.60. The van der Waals surface area contributed by atoms with Gasteiger partial charge in [-0.3, -0.25) is 9.58 Å². The van der Waals surface area contributed by atoms with Gasteiger partial charge < -0.3 is 5.32 Å². The number of hydrogen-bond donors (Lipinski definition) is 1. The van der Waals surface area contributed by atoms with Crippen molar-refractivity contribution in [1.29, 1.82) is 0 Å². The summed E-state index contributed by atoms with van der Waals surface area (Å²) in [4.78, 5) is 2.59. The van der Waals surface area contributed by atoms with Crippen LogP contribution in [0.15, 0.2) is 12.3 Å². The van der Waals surface area contributed by atoms with Crippen molar-refractivity contribution in [3.8, 4) is 0 Å². The zero-order chi connectivity index (χ0) is 14.4. The first-order chi connectivity index (χ1) is 9.69. The molecule has 0 saturated carbocycles. The largest absolute Gasteiger partial charge is 0.317 e. The number of rotatable bonds is 7. The highest BCUT2D eigenvalue weighted by molar-refractivity contribution is 4.99. The second-order valence-electron chi connectivity index (χ2n) is 6.31. The molecule has 0 spiro atoms. The minimum absolute atomic E-state index is 0.452. The van der Waals surface area contributed by atoms with Crippen LogP contribution in [0, 0.1) is 5.92 Å². The van der Waals surface area contributed by atoms with Gasteiger partial charge in [-0.1, -0.05) is 6.92 Å². The maximum absolute atomic E-state index is 4.69. The molecule has 2 rings (SSSR count). The topological polar surface area (TPSA) is 33.1 Å². The van der Waals surface area contributed by atoms with E-state index < -0.39 is 0 Å². The van der Waals surface area contributed by atoms with Crippen LogP contribution in [0.2, 0.25) is 0 Å². The van der Waals surface area contributed by atoms with Crippen molar-refractivity contribution in [3.05, 3.63) is 18.0 Å². The molecular weight excluding hydrogens is 248 g/mol. The summed E-state index contributed by atoms with van der Waals surface area (Å²) in [7, 11) is 0. The average molecular weight is 278 g/mol. The van der Waals surface area contributed by atoms with Crippen LogP contribution in [-0.2, 0) is 6.54 Å². The highest BCUT2D eigenvalue weighted by Gasteiger charge is 2.17. The first kappa shape index (κ1) is 15.5. The van der Waals surface area contributed by atoms with Crippen molar-refractivity contribution in [3.63, 3.8) is 0 Å². The predicted molar refractivity (Wildman–Crippen MR) is 83.8 cm³/mol. The van der Waals surface area contributed by atoms with E-state index in [0.717, 1.165) is 12.5 Å². The summed E-state index contributed by atoms with van der Waals surface area (Å²) in [6.45, 7) is 12.4. The molecule has 1 aliphatic heterocycles. The quantitative estimate of drug-likeness (QED) is 0.832. The Morgan fingerprint density at radius 3 is 2.75 bits per heavy atom. The molecule has 0 unspecified atom stereocenters. The van der Waals surface area contributed by atoms with Crippen LogP contribution in [0.1, 0.15) is 51.8 Å². The molecule has 1 aromatic rings. The molecule has 0 aliphatic carbocycles. The number of hydrogen-bond acceptors (Lipinski definition) is 3. The number of nitrogens with one attached hydrogen (secondary N) is 1. The van der Waals surface area contributed by atoms with E-state index in [4.69, 9.17) is 0 Å². The van der Waals surface area contributed by atoms with Crippen molar-refractivity contribution in [1.82, 2.24) is 20.0 Å². The third-order valence-corrected chi connectivity index (χ3v) is 4.09. The molecule has 4 heteroatoms. The van der Waals surface area contributed by atoms with Crippen LogP contribution < -0.4 is 5.32 Å². The molecule has 1 fully saturated rings. The summed E-state index contributed by atoms with van der Waals surface area (Å²) >= 11 is 0. The molecule has 0 aromatic carbocycles. The van der Waals surface area contributed by atoms with E-state index in [2.05, 4.69) is 53.0 Å². The van der Waals surface area contributed by atoms with E-state index in [1.807, 2.05) is 0 Å². The van der Waals surface area contributed by atoms with Crippen LogP contribution in [0.3, 0.4) is 0 Å². The Morgan fingerprint density at radius 1 is 1.40 bits per heavy atom. The molecule has 2 heterocycles. The fourth-order valence-electron chi connectivity index (χ4n) is 2.96. The smallest absolute Gasteiger partial charge is 0.0764 e. The zero-order valence-electron chi connectivity index (χ0n) is 13.3. The van der Waals surface area contributed by atoms with E-state index in [1.165, 1.54) is 51.1 Å². The monoisotopic (exact) mass is 278 g/mol. The van der Waals surface area contributed by atoms with Gasteiger partial charge in [0.2, 0.25) is 0 Å². The molecule has 1 aliphatic rings. The fourth-order valence-corrected chi connectivity index (χ4v) is 2.96. The lowest BCUT2D eigenvalue weighted by Crippen LogP contribution is -2.36. The minimum Gasteiger partial charge on any atom is -0.317 e. The summed E-state index contributed by atoms with van der Waals surface area (Å²) < 4.78 is 2.06. The lowest BCUT2D eigenvalue weighted by atomic mass is 9.97. The fraction of sp³-hybridized carbons (Fsp3) is 0.812. The van der Waals surface area contributed by atoms with Gasteiger partial charge in [0.15, 0.2) is 0 Å². The first-order valence-electron chi connectivity index (χ1n) is 8.16. The van der Waals surface area contributed by atoms with Crippen LogP contribution in [0.4, 0.5) is 0 Å². The number of piperidine rings is 1. The summed E-state index contributed by atoms with van der Waals surface area (Å²) in [5.74, 6) is 0.856. The van der Waals surface area contributed by atoms with Gasteiger partial charge in [-0.15, -0.1) is 0 Å². The molecule has 1 saturated heterocycles. The lowest BCUT2D eigenvalue weighted by molar-refractivity contribution is 0.196. The molecule has 0 amide bonds. The van der Waals surface area contributed by atoms with E-state index in [1.54, 1.807) is 0 Å². The molecule has 0 radical (unpaired) electrons. The Morgan fingerprint density at radius 2 is 2.15 bits per heavy atom.